The van der Waals surface area contributed by atoms with Gasteiger partial charge in [0.1, 0.15) is 0 Å². The lowest BCUT2D eigenvalue weighted by atomic mass is 9.90. The van der Waals surface area contributed by atoms with E-state index in [1.807, 2.05) is 19.1 Å². The van der Waals surface area contributed by atoms with Crippen molar-refractivity contribution in [3.63, 3.8) is 0 Å². The highest BCUT2D eigenvalue weighted by molar-refractivity contribution is 8.01. The van der Waals surface area contributed by atoms with Crippen LogP contribution in [0.15, 0.2) is 18.2 Å². The van der Waals surface area contributed by atoms with E-state index in [0.29, 0.717) is 6.61 Å². The quantitative estimate of drug-likeness (QED) is 0.850. The van der Waals surface area contributed by atoms with E-state index in [9.17, 15) is 9.90 Å². The highest BCUT2D eigenvalue weighted by Gasteiger charge is 2.45. The number of aliphatic hydroxyl groups excluding tert-OH is 1. The molecule has 2 rings (SSSR count). The van der Waals surface area contributed by atoms with Crippen LogP contribution in [0.25, 0.3) is 0 Å². The van der Waals surface area contributed by atoms with E-state index in [2.05, 4.69) is 6.07 Å². The molecule has 1 aromatic rings. The van der Waals surface area contributed by atoms with Crippen molar-refractivity contribution in [1.82, 2.24) is 0 Å². The van der Waals surface area contributed by atoms with E-state index in [0.717, 1.165) is 23.3 Å². The fourth-order valence-corrected chi connectivity index (χ4v) is 3.64. The first-order valence-corrected chi connectivity index (χ1v) is 7.14. The monoisotopic (exact) mass is 266 g/mol. The maximum atomic E-state index is 12.2. The van der Waals surface area contributed by atoms with Gasteiger partial charge in [0.2, 0.25) is 0 Å². The molecule has 18 heavy (non-hydrogen) atoms. The maximum absolute atomic E-state index is 12.2. The van der Waals surface area contributed by atoms with Crippen LogP contribution >= 0.6 is 11.8 Å². The van der Waals surface area contributed by atoms with E-state index < -0.39 is 4.75 Å². The average Bonchev–Trinajstić information content (AvgIpc) is 2.37. The molecule has 0 aliphatic carbocycles. The van der Waals surface area contributed by atoms with E-state index in [4.69, 9.17) is 4.74 Å². The Kier molecular flexibility index (Phi) is 3.97. The Balaban J connectivity index is 2.48. The van der Waals surface area contributed by atoms with Crippen LogP contribution in [0, 0.1) is 6.92 Å². The number of carbonyl (C=O) groups is 1. The number of aliphatic hydroxyl groups is 1. The van der Waals surface area contributed by atoms with Gasteiger partial charge in [-0.1, -0.05) is 23.8 Å². The molecule has 0 spiro atoms. The summed E-state index contributed by atoms with van der Waals surface area (Å²) < 4.78 is 4.21. The summed E-state index contributed by atoms with van der Waals surface area (Å²) in [6, 6.07) is 6.02. The molecule has 0 saturated heterocycles. The van der Waals surface area contributed by atoms with Crippen molar-refractivity contribution in [3.8, 4) is 0 Å². The van der Waals surface area contributed by atoms with Crippen LogP contribution in [0.1, 0.15) is 23.6 Å². The summed E-state index contributed by atoms with van der Waals surface area (Å²) in [6.45, 7) is 3.94. The minimum atomic E-state index is -0.933. The Hall–Kier alpha value is -1.00. The molecule has 1 unspecified atom stereocenters. The molecule has 0 aromatic heterocycles. The second-order valence-corrected chi connectivity index (χ2v) is 5.86. The fraction of sp³-hybridized carbons (Fsp3) is 0.500. The summed E-state index contributed by atoms with van der Waals surface area (Å²) in [4.78, 5) is 12.2. The van der Waals surface area contributed by atoms with Crippen molar-refractivity contribution >= 4 is 17.7 Å². The zero-order chi connectivity index (χ0) is 13.2. The van der Waals surface area contributed by atoms with Crippen LogP contribution in [-0.2, 0) is 20.7 Å². The van der Waals surface area contributed by atoms with E-state index in [1.165, 1.54) is 17.3 Å². The van der Waals surface area contributed by atoms with Gasteiger partial charge in [-0.15, -0.1) is 11.8 Å². The number of hydrogen-bond donors (Lipinski definition) is 1. The van der Waals surface area contributed by atoms with Gasteiger partial charge in [0, 0.05) is 0 Å². The van der Waals surface area contributed by atoms with Crippen LogP contribution in [-0.4, -0.2) is 30.0 Å². The second kappa shape index (κ2) is 5.33. The Morgan fingerprint density at radius 1 is 1.56 bits per heavy atom. The van der Waals surface area contributed by atoms with Crippen molar-refractivity contribution in [2.75, 3.05) is 19.0 Å². The Bertz CT molecular complexity index is 458. The van der Waals surface area contributed by atoms with Gasteiger partial charge >= 0.3 is 5.97 Å². The minimum absolute atomic E-state index is 0.216. The van der Waals surface area contributed by atoms with Gasteiger partial charge in [0.05, 0.1) is 13.2 Å². The van der Waals surface area contributed by atoms with Crippen molar-refractivity contribution in [2.45, 2.75) is 25.0 Å². The van der Waals surface area contributed by atoms with E-state index >= 15 is 0 Å². The highest BCUT2D eigenvalue weighted by Crippen LogP contribution is 2.43. The van der Waals surface area contributed by atoms with Crippen LogP contribution in [0.4, 0.5) is 0 Å². The molecule has 0 bridgehead atoms. The maximum Gasteiger partial charge on any atom is 0.329 e. The zero-order valence-corrected chi connectivity index (χ0v) is 11.5. The number of ether oxygens (including phenoxy) is 1. The number of thioether (sulfide) groups is 1. The zero-order valence-electron chi connectivity index (χ0n) is 10.7. The minimum Gasteiger partial charge on any atom is -0.465 e. The number of esters is 1. The summed E-state index contributed by atoms with van der Waals surface area (Å²) in [5.74, 6) is 0.498. The number of benzene rings is 1. The van der Waals surface area contributed by atoms with Crippen molar-refractivity contribution < 1.29 is 14.6 Å². The molecule has 1 aliphatic heterocycles. The largest absolute Gasteiger partial charge is 0.465 e. The number of hydrogen-bond acceptors (Lipinski definition) is 4. The Morgan fingerprint density at radius 3 is 3.00 bits per heavy atom. The van der Waals surface area contributed by atoms with E-state index in [-0.39, 0.29) is 12.6 Å². The normalized spacial score (nSPS) is 22.4. The van der Waals surface area contributed by atoms with Crippen molar-refractivity contribution in [1.29, 1.82) is 0 Å². The standard InChI is InChI=1S/C14H18O3S/c1-3-17-13(16)14(9-15)12-5-4-10(2)8-11(12)6-7-18-14/h4-5,8,15H,3,6-7,9H2,1-2H3. The molecule has 1 aliphatic rings. The third kappa shape index (κ3) is 2.15. The molecule has 0 amide bonds. The second-order valence-electron chi connectivity index (χ2n) is 4.46. The molecule has 1 aromatic carbocycles. The highest BCUT2D eigenvalue weighted by atomic mass is 32.2. The third-order valence-electron chi connectivity index (χ3n) is 3.24. The van der Waals surface area contributed by atoms with Gasteiger partial charge in [0.15, 0.2) is 4.75 Å². The molecule has 0 fully saturated rings. The smallest absolute Gasteiger partial charge is 0.329 e. The first-order chi connectivity index (χ1) is 8.64. The predicted molar refractivity (Wildman–Crippen MR) is 72.7 cm³/mol. The van der Waals surface area contributed by atoms with Crippen LogP contribution in [0.5, 0.6) is 0 Å². The van der Waals surface area contributed by atoms with Gasteiger partial charge in [0.25, 0.3) is 0 Å². The van der Waals surface area contributed by atoms with Crippen LogP contribution in [0.3, 0.4) is 0 Å². The van der Waals surface area contributed by atoms with Gasteiger partial charge < -0.3 is 9.84 Å². The van der Waals surface area contributed by atoms with Crippen LogP contribution < -0.4 is 0 Å². The van der Waals surface area contributed by atoms with Crippen molar-refractivity contribution in [3.05, 3.63) is 34.9 Å². The summed E-state index contributed by atoms with van der Waals surface area (Å²) in [5.41, 5.74) is 3.23. The number of aryl methyl sites for hydroxylation is 2. The summed E-state index contributed by atoms with van der Waals surface area (Å²) in [6.07, 6.45) is 0.933. The topological polar surface area (TPSA) is 46.5 Å². The fourth-order valence-electron chi connectivity index (χ4n) is 2.35. The molecular weight excluding hydrogens is 248 g/mol. The number of rotatable bonds is 3. The predicted octanol–water partition coefficient (Wildman–Crippen LogP) is 2.04. The summed E-state index contributed by atoms with van der Waals surface area (Å²) >= 11 is 1.48. The number of fused-ring (bicyclic) bond motifs is 1. The van der Waals surface area contributed by atoms with Gasteiger partial charge in [-0.3, -0.25) is 4.79 Å². The first-order valence-electron chi connectivity index (χ1n) is 6.16. The SMILES string of the molecule is CCOC(=O)C1(CO)SCCc2cc(C)ccc21. The van der Waals surface area contributed by atoms with Gasteiger partial charge in [-0.05, 0) is 37.1 Å². The lowest BCUT2D eigenvalue weighted by Crippen LogP contribution is -2.41. The van der Waals surface area contributed by atoms with Crippen LogP contribution in [0.2, 0.25) is 0 Å². The third-order valence-corrected chi connectivity index (χ3v) is 4.66. The molecule has 1 heterocycles. The summed E-state index contributed by atoms with van der Waals surface area (Å²) in [5, 5.41) is 9.73. The van der Waals surface area contributed by atoms with Gasteiger partial charge in [-0.2, -0.15) is 0 Å². The lowest BCUT2D eigenvalue weighted by Gasteiger charge is -2.34. The Morgan fingerprint density at radius 2 is 2.33 bits per heavy atom. The van der Waals surface area contributed by atoms with Gasteiger partial charge in [-0.25, -0.2) is 0 Å². The summed E-state index contributed by atoms with van der Waals surface area (Å²) in [7, 11) is 0. The molecule has 0 saturated carbocycles. The Labute approximate surface area is 112 Å². The molecule has 0 radical (unpaired) electrons. The van der Waals surface area contributed by atoms with Crippen molar-refractivity contribution in [2.24, 2.45) is 0 Å². The molecule has 1 atom stereocenters. The molecule has 3 nitrogen and oxygen atoms in total. The number of carbonyl (C=O) groups excluding carboxylic acids is 1. The van der Waals surface area contributed by atoms with E-state index in [1.54, 1.807) is 6.92 Å². The molecule has 4 heteroatoms. The molecular formula is C14H18O3S. The first kappa shape index (κ1) is 13.4. The average molecular weight is 266 g/mol. The molecule has 98 valence electrons. The lowest BCUT2D eigenvalue weighted by molar-refractivity contribution is -0.147. The molecule has 1 N–H and O–H groups in total.